The van der Waals surface area contributed by atoms with Gasteiger partial charge in [0.25, 0.3) is 0 Å². The van der Waals surface area contributed by atoms with Crippen LogP contribution in [-0.2, 0) is 23.8 Å². The van der Waals surface area contributed by atoms with Gasteiger partial charge in [0.1, 0.15) is 5.76 Å². The summed E-state index contributed by atoms with van der Waals surface area (Å²) in [5.74, 6) is -0.273. The maximum absolute atomic E-state index is 11.3. The van der Waals surface area contributed by atoms with E-state index in [1.165, 1.54) is 19.4 Å². The highest BCUT2D eigenvalue weighted by molar-refractivity contribution is 5.89. The van der Waals surface area contributed by atoms with Gasteiger partial charge in [-0.05, 0) is 19.8 Å². The minimum Gasteiger partial charge on any atom is -0.469 e. The monoisotopic (exact) mass is 240 g/mol. The Morgan fingerprint density at radius 1 is 1.35 bits per heavy atom. The molecule has 0 amide bonds. The average Bonchev–Trinajstić information content (AvgIpc) is 2.77. The van der Waals surface area contributed by atoms with Crippen LogP contribution in [0.15, 0.2) is 23.7 Å². The zero-order chi connectivity index (χ0) is 12.7. The maximum Gasteiger partial charge on any atom is 0.337 e. The normalized spacial score (nSPS) is 15.2. The standard InChI is InChI=1S/C12H16O5/c1-3-16-11(13)7-8-17-10-6-4-5-9(10)12(14)15-2/h7-8H,3-6H2,1-2H3/b8-7+. The molecule has 0 atom stereocenters. The molecule has 5 nitrogen and oxygen atoms in total. The van der Waals surface area contributed by atoms with Crippen LogP contribution < -0.4 is 0 Å². The van der Waals surface area contributed by atoms with Crippen LogP contribution in [0.4, 0.5) is 0 Å². The van der Waals surface area contributed by atoms with Gasteiger partial charge < -0.3 is 14.2 Å². The molecule has 0 spiro atoms. The van der Waals surface area contributed by atoms with Crippen molar-refractivity contribution < 1.29 is 23.8 Å². The van der Waals surface area contributed by atoms with Crippen LogP contribution in [0.3, 0.4) is 0 Å². The molecule has 0 saturated carbocycles. The minimum absolute atomic E-state index is 0.319. The highest BCUT2D eigenvalue weighted by Crippen LogP contribution is 2.27. The summed E-state index contributed by atoms with van der Waals surface area (Å²) in [6.07, 6.45) is 4.60. The third-order valence-electron chi connectivity index (χ3n) is 2.30. The first-order chi connectivity index (χ1) is 8.19. The van der Waals surface area contributed by atoms with Crippen LogP contribution in [0.1, 0.15) is 26.2 Å². The zero-order valence-corrected chi connectivity index (χ0v) is 10.0. The second-order valence-corrected chi connectivity index (χ2v) is 3.42. The van der Waals surface area contributed by atoms with Crippen LogP contribution in [0, 0.1) is 0 Å². The summed E-state index contributed by atoms with van der Waals surface area (Å²) in [5.41, 5.74) is 0.543. The summed E-state index contributed by atoms with van der Waals surface area (Å²) < 4.78 is 14.6. The van der Waals surface area contributed by atoms with Crippen LogP contribution in [0.25, 0.3) is 0 Å². The number of carbonyl (C=O) groups is 2. The molecule has 0 bridgehead atoms. The van der Waals surface area contributed by atoms with E-state index < -0.39 is 5.97 Å². The quantitative estimate of drug-likeness (QED) is 0.415. The molecule has 0 saturated heterocycles. The molecule has 5 heteroatoms. The lowest BCUT2D eigenvalue weighted by molar-refractivity contribution is -0.137. The summed E-state index contributed by atoms with van der Waals surface area (Å²) in [4.78, 5) is 22.3. The molecule has 17 heavy (non-hydrogen) atoms. The van der Waals surface area contributed by atoms with Gasteiger partial charge in [-0.3, -0.25) is 0 Å². The number of hydrogen-bond donors (Lipinski definition) is 0. The number of hydrogen-bond acceptors (Lipinski definition) is 5. The van der Waals surface area contributed by atoms with E-state index in [1.807, 2.05) is 0 Å². The van der Waals surface area contributed by atoms with E-state index in [1.54, 1.807) is 6.92 Å². The van der Waals surface area contributed by atoms with Gasteiger partial charge >= 0.3 is 11.9 Å². The van der Waals surface area contributed by atoms with Gasteiger partial charge in [0.15, 0.2) is 0 Å². The Labute approximate surface area is 100 Å². The molecular weight excluding hydrogens is 224 g/mol. The molecule has 0 aliphatic heterocycles. The fraction of sp³-hybridized carbons (Fsp3) is 0.500. The summed E-state index contributed by atoms with van der Waals surface area (Å²) in [5, 5.41) is 0. The number of ether oxygens (including phenoxy) is 3. The fourth-order valence-electron chi connectivity index (χ4n) is 1.55. The van der Waals surface area contributed by atoms with E-state index in [0.717, 1.165) is 6.42 Å². The number of carbonyl (C=O) groups excluding carboxylic acids is 2. The smallest absolute Gasteiger partial charge is 0.337 e. The maximum atomic E-state index is 11.3. The van der Waals surface area contributed by atoms with Crippen LogP contribution in [-0.4, -0.2) is 25.7 Å². The Balaban J connectivity index is 2.55. The molecule has 0 radical (unpaired) electrons. The first-order valence-corrected chi connectivity index (χ1v) is 5.49. The van der Waals surface area contributed by atoms with E-state index >= 15 is 0 Å². The summed E-state index contributed by atoms with van der Waals surface area (Å²) in [6, 6.07) is 0. The third kappa shape index (κ3) is 3.94. The van der Waals surface area contributed by atoms with E-state index in [2.05, 4.69) is 9.47 Å². The molecular formula is C12H16O5. The summed E-state index contributed by atoms with van der Waals surface area (Å²) >= 11 is 0. The molecule has 1 aliphatic carbocycles. The Morgan fingerprint density at radius 3 is 2.76 bits per heavy atom. The third-order valence-corrected chi connectivity index (χ3v) is 2.30. The number of allylic oxidation sites excluding steroid dienone is 1. The van der Waals surface area contributed by atoms with E-state index in [-0.39, 0.29) is 5.97 Å². The van der Waals surface area contributed by atoms with Gasteiger partial charge in [0, 0.05) is 6.42 Å². The minimum atomic E-state index is -0.467. The highest BCUT2D eigenvalue weighted by Gasteiger charge is 2.22. The summed E-state index contributed by atoms with van der Waals surface area (Å²) in [7, 11) is 1.33. The lowest BCUT2D eigenvalue weighted by atomic mass is 10.2. The van der Waals surface area contributed by atoms with E-state index in [4.69, 9.17) is 4.74 Å². The van der Waals surface area contributed by atoms with Crippen molar-refractivity contribution in [2.45, 2.75) is 26.2 Å². The molecule has 0 N–H and O–H groups in total. The lowest BCUT2D eigenvalue weighted by Crippen LogP contribution is -2.05. The summed E-state index contributed by atoms with van der Waals surface area (Å²) in [6.45, 7) is 2.04. The Kier molecular flexibility index (Phi) is 5.26. The van der Waals surface area contributed by atoms with Gasteiger partial charge in [-0.2, -0.15) is 0 Å². The second kappa shape index (κ2) is 6.73. The SMILES string of the molecule is CCOC(=O)/C=C/OC1=C(C(=O)OC)CCC1. The average molecular weight is 240 g/mol. The molecule has 0 unspecified atom stereocenters. The van der Waals surface area contributed by atoms with Gasteiger partial charge in [-0.25, -0.2) is 9.59 Å². The molecule has 0 aromatic carbocycles. The first-order valence-electron chi connectivity index (χ1n) is 5.49. The van der Waals surface area contributed by atoms with Crippen molar-refractivity contribution >= 4 is 11.9 Å². The van der Waals surface area contributed by atoms with Crippen molar-refractivity contribution in [1.29, 1.82) is 0 Å². The van der Waals surface area contributed by atoms with Crippen molar-refractivity contribution in [3.63, 3.8) is 0 Å². The van der Waals surface area contributed by atoms with Crippen molar-refractivity contribution in [2.24, 2.45) is 0 Å². The van der Waals surface area contributed by atoms with Gasteiger partial charge in [-0.1, -0.05) is 0 Å². The predicted molar refractivity (Wildman–Crippen MR) is 59.8 cm³/mol. The fourth-order valence-corrected chi connectivity index (χ4v) is 1.55. The van der Waals surface area contributed by atoms with Crippen molar-refractivity contribution in [3.05, 3.63) is 23.7 Å². The van der Waals surface area contributed by atoms with Crippen molar-refractivity contribution in [2.75, 3.05) is 13.7 Å². The van der Waals surface area contributed by atoms with Crippen LogP contribution >= 0.6 is 0 Å². The van der Waals surface area contributed by atoms with Crippen molar-refractivity contribution in [3.8, 4) is 0 Å². The van der Waals surface area contributed by atoms with Crippen molar-refractivity contribution in [1.82, 2.24) is 0 Å². The van der Waals surface area contributed by atoms with Crippen LogP contribution in [0.2, 0.25) is 0 Å². The van der Waals surface area contributed by atoms with E-state index in [0.29, 0.717) is 30.8 Å². The molecule has 1 rings (SSSR count). The van der Waals surface area contributed by atoms with Crippen LogP contribution in [0.5, 0.6) is 0 Å². The van der Waals surface area contributed by atoms with Gasteiger partial charge in [-0.15, -0.1) is 0 Å². The number of esters is 2. The first kappa shape index (κ1) is 13.3. The Morgan fingerprint density at radius 2 is 2.12 bits per heavy atom. The van der Waals surface area contributed by atoms with Gasteiger partial charge in [0.05, 0.1) is 31.6 Å². The van der Waals surface area contributed by atoms with Gasteiger partial charge in [0.2, 0.25) is 0 Å². The Hall–Kier alpha value is -1.78. The molecule has 94 valence electrons. The topological polar surface area (TPSA) is 61.8 Å². The predicted octanol–water partition coefficient (Wildman–Crippen LogP) is 1.69. The number of rotatable bonds is 5. The molecule has 0 aromatic heterocycles. The molecule has 0 heterocycles. The highest BCUT2D eigenvalue weighted by atomic mass is 16.5. The Bertz CT molecular complexity index is 354. The largest absolute Gasteiger partial charge is 0.469 e. The van der Waals surface area contributed by atoms with E-state index in [9.17, 15) is 9.59 Å². The second-order valence-electron chi connectivity index (χ2n) is 3.42. The molecule has 0 aromatic rings. The lowest BCUT2D eigenvalue weighted by Gasteiger charge is -2.04. The number of methoxy groups -OCH3 is 1. The molecule has 0 fully saturated rings. The zero-order valence-electron chi connectivity index (χ0n) is 10.0. The molecule has 1 aliphatic rings.